The van der Waals surface area contributed by atoms with Crippen molar-refractivity contribution in [2.75, 3.05) is 11.9 Å². The standard InChI is InChI=1S/C28H28N2O5/c31-25(30-24-18-10-9-17-23(24)26(32)29-22-15-7-8-16-22)19-35-27(33)28(34,20-11-3-1-4-12-20)21-13-5-2-6-14-21/h1-6,9-14,17-18,22,34H,7-8,15-16,19H2,(H,29,32)(H,30,31). The molecular formula is C28H28N2O5. The van der Waals surface area contributed by atoms with E-state index in [4.69, 9.17) is 4.74 Å². The van der Waals surface area contributed by atoms with Crippen molar-refractivity contribution in [1.29, 1.82) is 0 Å². The van der Waals surface area contributed by atoms with E-state index in [2.05, 4.69) is 10.6 Å². The number of carbonyl (C=O) groups is 3. The van der Waals surface area contributed by atoms with Gasteiger partial charge in [-0.15, -0.1) is 0 Å². The first-order valence-electron chi connectivity index (χ1n) is 11.7. The van der Waals surface area contributed by atoms with Crippen LogP contribution in [-0.2, 0) is 19.9 Å². The number of benzene rings is 3. The second-order valence-corrected chi connectivity index (χ2v) is 8.57. The third kappa shape index (κ3) is 5.58. The maximum Gasteiger partial charge on any atom is 0.348 e. The Bertz CT molecular complexity index is 1130. The van der Waals surface area contributed by atoms with Crippen LogP contribution in [-0.4, -0.2) is 35.5 Å². The molecule has 1 aliphatic carbocycles. The summed E-state index contributed by atoms with van der Waals surface area (Å²) >= 11 is 0. The molecule has 7 nitrogen and oxygen atoms in total. The molecule has 3 aromatic rings. The summed E-state index contributed by atoms with van der Waals surface area (Å²) < 4.78 is 5.26. The fourth-order valence-electron chi connectivity index (χ4n) is 4.31. The van der Waals surface area contributed by atoms with Crippen molar-refractivity contribution in [1.82, 2.24) is 5.32 Å². The van der Waals surface area contributed by atoms with Crippen LogP contribution >= 0.6 is 0 Å². The molecule has 0 unspecified atom stereocenters. The Balaban J connectivity index is 1.45. The number of hydrogen-bond donors (Lipinski definition) is 3. The van der Waals surface area contributed by atoms with E-state index in [1.54, 1.807) is 84.9 Å². The summed E-state index contributed by atoms with van der Waals surface area (Å²) in [5, 5.41) is 17.1. The third-order valence-electron chi connectivity index (χ3n) is 6.15. The van der Waals surface area contributed by atoms with Gasteiger partial charge in [0.1, 0.15) is 0 Å². The molecule has 3 aromatic carbocycles. The summed E-state index contributed by atoms with van der Waals surface area (Å²) in [6.45, 7) is -0.626. The van der Waals surface area contributed by atoms with Crippen LogP contribution in [0, 0.1) is 0 Å². The average Bonchev–Trinajstić information content (AvgIpc) is 3.41. The molecule has 0 saturated heterocycles. The Labute approximate surface area is 204 Å². The number of aliphatic hydroxyl groups is 1. The first-order valence-corrected chi connectivity index (χ1v) is 11.7. The number of rotatable bonds is 8. The quantitative estimate of drug-likeness (QED) is 0.433. The number of nitrogens with one attached hydrogen (secondary N) is 2. The molecule has 1 saturated carbocycles. The topological polar surface area (TPSA) is 105 Å². The number of carbonyl (C=O) groups excluding carboxylic acids is 3. The predicted molar refractivity (Wildman–Crippen MR) is 132 cm³/mol. The molecule has 1 fully saturated rings. The van der Waals surface area contributed by atoms with E-state index in [9.17, 15) is 19.5 Å². The van der Waals surface area contributed by atoms with Gasteiger partial charge in [0.2, 0.25) is 5.60 Å². The summed E-state index contributed by atoms with van der Waals surface area (Å²) in [6, 6.07) is 23.7. The molecule has 35 heavy (non-hydrogen) atoms. The Kier molecular flexibility index (Phi) is 7.57. The Morgan fingerprint density at radius 2 is 1.37 bits per heavy atom. The molecule has 0 spiro atoms. The summed E-state index contributed by atoms with van der Waals surface area (Å²) in [5.41, 5.74) is -0.771. The summed E-state index contributed by atoms with van der Waals surface area (Å²) in [4.78, 5) is 38.4. The molecule has 1 aliphatic rings. The molecular weight excluding hydrogens is 444 g/mol. The third-order valence-corrected chi connectivity index (χ3v) is 6.15. The minimum absolute atomic E-state index is 0.140. The smallest absolute Gasteiger partial charge is 0.348 e. The van der Waals surface area contributed by atoms with Gasteiger partial charge < -0.3 is 20.5 Å². The Morgan fingerprint density at radius 1 is 0.829 bits per heavy atom. The maximum atomic E-state index is 13.1. The zero-order valence-electron chi connectivity index (χ0n) is 19.3. The molecule has 0 aromatic heterocycles. The number of amides is 2. The van der Waals surface area contributed by atoms with Gasteiger partial charge in [-0.3, -0.25) is 9.59 Å². The zero-order valence-corrected chi connectivity index (χ0v) is 19.3. The fourth-order valence-corrected chi connectivity index (χ4v) is 4.31. The van der Waals surface area contributed by atoms with Gasteiger partial charge in [-0.25, -0.2) is 4.79 Å². The first-order chi connectivity index (χ1) is 17.0. The molecule has 0 radical (unpaired) electrons. The lowest BCUT2D eigenvalue weighted by molar-refractivity contribution is -0.163. The Hall–Kier alpha value is -3.97. The highest BCUT2D eigenvalue weighted by Crippen LogP contribution is 2.31. The average molecular weight is 473 g/mol. The van der Waals surface area contributed by atoms with Crippen LogP contribution < -0.4 is 10.6 Å². The molecule has 0 heterocycles. The monoisotopic (exact) mass is 472 g/mol. The minimum Gasteiger partial charge on any atom is -0.453 e. The maximum absolute atomic E-state index is 13.1. The van der Waals surface area contributed by atoms with E-state index in [-0.39, 0.29) is 11.9 Å². The molecule has 180 valence electrons. The second kappa shape index (κ2) is 11.0. The number of ether oxygens (including phenoxy) is 1. The van der Waals surface area contributed by atoms with Gasteiger partial charge in [0.05, 0.1) is 11.3 Å². The van der Waals surface area contributed by atoms with Crippen LogP contribution in [0.4, 0.5) is 5.69 Å². The van der Waals surface area contributed by atoms with Crippen molar-refractivity contribution in [2.45, 2.75) is 37.3 Å². The van der Waals surface area contributed by atoms with Gasteiger partial charge in [0.15, 0.2) is 6.61 Å². The highest BCUT2D eigenvalue weighted by molar-refractivity contribution is 6.04. The number of esters is 1. The van der Waals surface area contributed by atoms with E-state index in [0.29, 0.717) is 22.4 Å². The van der Waals surface area contributed by atoms with Crippen molar-refractivity contribution >= 4 is 23.5 Å². The second-order valence-electron chi connectivity index (χ2n) is 8.57. The van der Waals surface area contributed by atoms with E-state index in [1.165, 1.54) is 0 Å². The van der Waals surface area contributed by atoms with Crippen molar-refractivity contribution in [2.24, 2.45) is 0 Å². The highest BCUT2D eigenvalue weighted by Gasteiger charge is 2.41. The normalized spacial score (nSPS) is 13.7. The first kappa shape index (κ1) is 24.2. The van der Waals surface area contributed by atoms with Gasteiger partial charge in [-0.1, -0.05) is 85.6 Å². The molecule has 0 atom stereocenters. The lowest BCUT2D eigenvalue weighted by Gasteiger charge is -2.27. The van der Waals surface area contributed by atoms with Crippen LogP contribution in [0.15, 0.2) is 84.9 Å². The lowest BCUT2D eigenvalue weighted by Crippen LogP contribution is -2.40. The van der Waals surface area contributed by atoms with Crippen LogP contribution in [0.2, 0.25) is 0 Å². The van der Waals surface area contributed by atoms with Crippen molar-refractivity contribution in [3.8, 4) is 0 Å². The zero-order chi connectivity index (χ0) is 24.7. The van der Waals surface area contributed by atoms with Crippen molar-refractivity contribution in [3.63, 3.8) is 0 Å². The summed E-state index contributed by atoms with van der Waals surface area (Å²) in [7, 11) is 0. The van der Waals surface area contributed by atoms with E-state index < -0.39 is 24.1 Å². The number of anilines is 1. The van der Waals surface area contributed by atoms with E-state index >= 15 is 0 Å². The van der Waals surface area contributed by atoms with Crippen LogP contribution in [0.1, 0.15) is 47.2 Å². The van der Waals surface area contributed by atoms with Gasteiger partial charge in [-0.2, -0.15) is 0 Å². The molecule has 2 amide bonds. The summed E-state index contributed by atoms with van der Waals surface area (Å²) in [6.07, 6.45) is 4.07. The van der Waals surface area contributed by atoms with Gasteiger partial charge in [0, 0.05) is 6.04 Å². The van der Waals surface area contributed by atoms with Gasteiger partial charge in [0.25, 0.3) is 11.8 Å². The lowest BCUT2D eigenvalue weighted by atomic mass is 9.86. The molecule has 0 aliphatic heterocycles. The van der Waals surface area contributed by atoms with Crippen LogP contribution in [0.25, 0.3) is 0 Å². The number of para-hydroxylation sites is 1. The minimum atomic E-state index is -2.08. The predicted octanol–water partition coefficient (Wildman–Crippen LogP) is 3.78. The van der Waals surface area contributed by atoms with Crippen molar-refractivity contribution in [3.05, 3.63) is 102 Å². The molecule has 0 bridgehead atoms. The highest BCUT2D eigenvalue weighted by atomic mass is 16.6. The largest absolute Gasteiger partial charge is 0.453 e. The van der Waals surface area contributed by atoms with Gasteiger partial charge in [-0.05, 0) is 36.1 Å². The van der Waals surface area contributed by atoms with E-state index in [0.717, 1.165) is 25.7 Å². The fraction of sp³-hybridized carbons (Fsp3) is 0.250. The number of hydrogen-bond acceptors (Lipinski definition) is 5. The molecule has 7 heteroatoms. The summed E-state index contributed by atoms with van der Waals surface area (Å²) in [5.74, 6) is -1.85. The Morgan fingerprint density at radius 3 is 1.97 bits per heavy atom. The van der Waals surface area contributed by atoms with Gasteiger partial charge >= 0.3 is 5.97 Å². The van der Waals surface area contributed by atoms with Crippen LogP contribution in [0.5, 0.6) is 0 Å². The molecule has 3 N–H and O–H groups in total. The molecule has 4 rings (SSSR count). The SMILES string of the molecule is O=C(COC(=O)C(O)(c1ccccc1)c1ccccc1)Nc1ccccc1C(=O)NC1CCCC1. The van der Waals surface area contributed by atoms with Crippen LogP contribution in [0.3, 0.4) is 0 Å². The van der Waals surface area contributed by atoms with E-state index in [1.807, 2.05) is 0 Å². The van der Waals surface area contributed by atoms with Crippen molar-refractivity contribution < 1.29 is 24.2 Å².